The Labute approximate surface area is 150 Å². The smallest absolute Gasteiger partial charge is 0.332 e. The van der Waals surface area contributed by atoms with Crippen molar-refractivity contribution in [2.45, 2.75) is 6.18 Å². The zero-order valence-electron chi connectivity index (χ0n) is 12.4. The fraction of sp³-hybridized carbons (Fsp3) is 0.0588. The first-order valence-corrected chi connectivity index (χ1v) is 8.19. The van der Waals surface area contributed by atoms with Gasteiger partial charge in [-0.25, -0.2) is 9.83 Å². The van der Waals surface area contributed by atoms with Gasteiger partial charge in [-0.05, 0) is 42.0 Å². The predicted octanol–water partition coefficient (Wildman–Crippen LogP) is 6.78. The Morgan fingerprint density at radius 2 is 1.96 bits per heavy atom. The second-order valence-electron chi connectivity index (χ2n) is 5.05. The molecule has 8 heteroatoms. The number of aromatic nitrogens is 1. The molecule has 1 N–H and O–H groups in total. The largest absolute Gasteiger partial charge is 0.416 e. The van der Waals surface area contributed by atoms with Crippen LogP contribution >= 0.6 is 22.9 Å². The van der Waals surface area contributed by atoms with Gasteiger partial charge in [0.2, 0.25) is 0 Å². The maximum Gasteiger partial charge on any atom is 0.416 e. The van der Waals surface area contributed by atoms with Gasteiger partial charge in [0.25, 0.3) is 0 Å². The monoisotopic (exact) mass is 379 g/mol. The summed E-state index contributed by atoms with van der Waals surface area (Å²) in [7, 11) is 0. The number of hydrogen-bond acceptors (Lipinski definition) is 3. The summed E-state index contributed by atoms with van der Waals surface area (Å²) < 4.78 is 38.3. The fourth-order valence-corrected chi connectivity index (χ4v) is 3.12. The van der Waals surface area contributed by atoms with Crippen molar-refractivity contribution >= 4 is 39.4 Å². The molecule has 2 aromatic carbocycles. The second-order valence-corrected chi connectivity index (χ2v) is 6.35. The number of anilines is 2. The minimum absolute atomic E-state index is 0.295. The van der Waals surface area contributed by atoms with Crippen molar-refractivity contribution < 1.29 is 13.2 Å². The summed E-state index contributed by atoms with van der Waals surface area (Å²) in [5, 5.41) is 5.47. The third-order valence-electron chi connectivity index (χ3n) is 3.25. The van der Waals surface area contributed by atoms with Gasteiger partial charge in [0, 0.05) is 16.1 Å². The molecule has 0 radical (unpaired) electrons. The summed E-state index contributed by atoms with van der Waals surface area (Å²) in [4.78, 5) is 7.69. The molecule has 0 aliphatic carbocycles. The van der Waals surface area contributed by atoms with Gasteiger partial charge < -0.3 is 5.32 Å². The average molecular weight is 380 g/mol. The molecule has 3 aromatic rings. The van der Waals surface area contributed by atoms with Gasteiger partial charge in [-0.3, -0.25) is 0 Å². The Hall–Kier alpha value is -2.56. The summed E-state index contributed by atoms with van der Waals surface area (Å²) in [6.07, 6.45) is -4.40. The molecule has 0 fully saturated rings. The Morgan fingerprint density at radius 3 is 2.68 bits per heavy atom. The van der Waals surface area contributed by atoms with Gasteiger partial charge in [0.05, 0.1) is 17.8 Å². The van der Waals surface area contributed by atoms with Crippen LogP contribution in [0.5, 0.6) is 0 Å². The molecule has 0 saturated carbocycles. The highest BCUT2D eigenvalue weighted by Gasteiger charge is 2.30. The summed E-state index contributed by atoms with van der Waals surface area (Å²) in [5.41, 5.74) is 1.22. The number of thiazole rings is 1. The molecule has 3 nitrogen and oxygen atoms in total. The van der Waals surface area contributed by atoms with Crippen LogP contribution in [0.25, 0.3) is 16.1 Å². The van der Waals surface area contributed by atoms with E-state index in [-0.39, 0.29) is 0 Å². The van der Waals surface area contributed by atoms with Gasteiger partial charge >= 0.3 is 6.18 Å². The van der Waals surface area contributed by atoms with Crippen LogP contribution in [-0.4, -0.2) is 4.98 Å². The highest BCUT2D eigenvalue weighted by molar-refractivity contribution is 7.14. The van der Waals surface area contributed by atoms with Crippen LogP contribution in [0.3, 0.4) is 0 Å². The van der Waals surface area contributed by atoms with Crippen molar-refractivity contribution in [2.75, 3.05) is 5.32 Å². The molecule has 0 amide bonds. The van der Waals surface area contributed by atoms with Crippen molar-refractivity contribution in [3.8, 4) is 11.3 Å². The van der Waals surface area contributed by atoms with Crippen LogP contribution in [-0.2, 0) is 6.18 Å². The number of hydrogen-bond donors (Lipinski definition) is 1. The van der Waals surface area contributed by atoms with Crippen molar-refractivity contribution in [3.05, 3.63) is 69.8 Å². The Balaban J connectivity index is 1.86. The molecule has 0 spiro atoms. The van der Waals surface area contributed by atoms with Gasteiger partial charge in [0.1, 0.15) is 0 Å². The summed E-state index contributed by atoms with van der Waals surface area (Å²) >= 11 is 7.23. The summed E-state index contributed by atoms with van der Waals surface area (Å²) in [6.45, 7) is 7.07. The molecule has 126 valence electrons. The Kier molecular flexibility index (Phi) is 4.66. The van der Waals surface area contributed by atoms with E-state index in [1.807, 2.05) is 0 Å². The third kappa shape index (κ3) is 4.10. The number of benzene rings is 2. The lowest BCUT2D eigenvalue weighted by atomic mass is 10.1. The molecule has 0 saturated heterocycles. The van der Waals surface area contributed by atoms with E-state index in [1.54, 1.807) is 23.6 Å². The van der Waals surface area contributed by atoms with Crippen LogP contribution in [0.4, 0.5) is 29.7 Å². The standard InChI is InChI=1S/C17H9ClF3N3S/c1-22-14-6-10(5-12(18)8-14)15-9-25-16(24-15)23-13-4-2-3-11(7-13)17(19,20)21/h2-9H,(H,23,24). The lowest BCUT2D eigenvalue weighted by molar-refractivity contribution is -0.137. The SMILES string of the molecule is [C-]#[N+]c1cc(Cl)cc(-c2csc(Nc3cccc(C(F)(F)F)c3)n2)c1. The maximum atomic E-state index is 12.8. The molecule has 0 aliphatic rings. The molecular formula is C17H9ClF3N3S. The van der Waals surface area contributed by atoms with Crippen LogP contribution in [0, 0.1) is 6.57 Å². The van der Waals surface area contributed by atoms with Gasteiger partial charge in [0.15, 0.2) is 10.8 Å². The van der Waals surface area contributed by atoms with Gasteiger partial charge in [-0.2, -0.15) is 13.2 Å². The average Bonchev–Trinajstić information content (AvgIpc) is 3.02. The quantitative estimate of drug-likeness (QED) is 0.508. The third-order valence-corrected chi connectivity index (χ3v) is 4.23. The Morgan fingerprint density at radius 1 is 1.16 bits per heavy atom. The first-order chi connectivity index (χ1) is 11.8. The number of nitrogens with zero attached hydrogens (tertiary/aromatic N) is 2. The minimum Gasteiger partial charge on any atom is -0.332 e. The Bertz CT molecular complexity index is 960. The van der Waals surface area contributed by atoms with E-state index >= 15 is 0 Å². The highest BCUT2D eigenvalue weighted by Crippen LogP contribution is 2.34. The molecule has 0 aliphatic heterocycles. The molecule has 25 heavy (non-hydrogen) atoms. The van der Waals surface area contributed by atoms with Crippen LogP contribution < -0.4 is 5.32 Å². The van der Waals surface area contributed by atoms with Gasteiger partial charge in [-0.1, -0.05) is 17.7 Å². The minimum atomic E-state index is -4.40. The van der Waals surface area contributed by atoms with Crippen LogP contribution in [0.1, 0.15) is 5.56 Å². The van der Waals surface area contributed by atoms with E-state index in [4.69, 9.17) is 18.2 Å². The first kappa shape index (κ1) is 17.3. The van der Waals surface area contributed by atoms with Crippen molar-refractivity contribution in [2.24, 2.45) is 0 Å². The summed E-state index contributed by atoms with van der Waals surface area (Å²) in [6, 6.07) is 9.78. The van der Waals surface area contributed by atoms with E-state index in [1.165, 1.54) is 23.5 Å². The second kappa shape index (κ2) is 6.75. The molecule has 3 rings (SSSR count). The van der Waals surface area contributed by atoms with E-state index < -0.39 is 11.7 Å². The molecule has 0 atom stereocenters. The van der Waals surface area contributed by atoms with Crippen molar-refractivity contribution in [1.82, 2.24) is 4.98 Å². The zero-order valence-corrected chi connectivity index (χ0v) is 14.0. The van der Waals surface area contributed by atoms with Crippen LogP contribution in [0.2, 0.25) is 5.02 Å². The molecule has 0 unspecified atom stereocenters. The zero-order chi connectivity index (χ0) is 18.0. The lowest BCUT2D eigenvalue weighted by Crippen LogP contribution is -2.05. The predicted molar refractivity (Wildman–Crippen MR) is 93.5 cm³/mol. The maximum absolute atomic E-state index is 12.8. The van der Waals surface area contributed by atoms with E-state index in [0.717, 1.165) is 12.1 Å². The van der Waals surface area contributed by atoms with E-state index in [9.17, 15) is 13.2 Å². The van der Waals surface area contributed by atoms with Crippen molar-refractivity contribution in [1.29, 1.82) is 0 Å². The number of rotatable bonds is 3. The van der Waals surface area contributed by atoms with Crippen LogP contribution in [0.15, 0.2) is 47.8 Å². The van der Waals surface area contributed by atoms with Crippen molar-refractivity contribution in [3.63, 3.8) is 0 Å². The highest BCUT2D eigenvalue weighted by atomic mass is 35.5. The lowest BCUT2D eigenvalue weighted by Gasteiger charge is -2.09. The van der Waals surface area contributed by atoms with Gasteiger partial charge in [-0.15, -0.1) is 11.3 Å². The molecule has 1 heterocycles. The number of nitrogens with one attached hydrogen (secondary N) is 1. The molecule has 0 bridgehead atoms. The van der Waals surface area contributed by atoms with E-state index in [0.29, 0.717) is 32.8 Å². The fourth-order valence-electron chi connectivity index (χ4n) is 2.15. The normalized spacial score (nSPS) is 11.2. The topological polar surface area (TPSA) is 29.3 Å². The first-order valence-electron chi connectivity index (χ1n) is 6.93. The summed E-state index contributed by atoms with van der Waals surface area (Å²) in [5.74, 6) is 0. The molecule has 1 aromatic heterocycles. The number of halogens is 4. The van der Waals surface area contributed by atoms with E-state index in [2.05, 4.69) is 15.1 Å². The number of alkyl halides is 3. The molecular weight excluding hydrogens is 371 g/mol.